The van der Waals surface area contributed by atoms with Crippen molar-refractivity contribution in [2.24, 2.45) is 0 Å². The van der Waals surface area contributed by atoms with E-state index in [2.05, 4.69) is 21.8 Å². The molecule has 0 saturated carbocycles. The van der Waals surface area contributed by atoms with Gasteiger partial charge < -0.3 is 14.6 Å². The minimum Gasteiger partial charge on any atom is -0.548 e. The lowest BCUT2D eigenvalue weighted by molar-refractivity contribution is -0.309. The molecular weight excluding hydrogens is 294 g/mol. The highest BCUT2D eigenvalue weighted by atomic mass is 16.5. The monoisotopic (exact) mass is 306 g/mol. The van der Waals surface area contributed by atoms with Gasteiger partial charge in [0.25, 0.3) is 0 Å². The second-order valence-electron chi connectivity index (χ2n) is 4.69. The molecule has 0 atom stereocenters. The van der Waals surface area contributed by atoms with Gasteiger partial charge in [-0.1, -0.05) is 12.0 Å². The highest BCUT2D eigenvalue weighted by Crippen LogP contribution is 2.13. The van der Waals surface area contributed by atoms with Gasteiger partial charge in [-0.25, -0.2) is 4.98 Å². The number of aromatic nitrogens is 3. The van der Waals surface area contributed by atoms with Crippen LogP contribution in [0.4, 0.5) is 0 Å². The Morgan fingerprint density at radius 2 is 2.17 bits per heavy atom. The van der Waals surface area contributed by atoms with Crippen LogP contribution in [0.1, 0.15) is 17.0 Å². The highest BCUT2D eigenvalue weighted by molar-refractivity contribution is 5.65. The first-order chi connectivity index (χ1) is 11.2. The summed E-state index contributed by atoms with van der Waals surface area (Å²) in [7, 11) is 0. The molecule has 0 fully saturated rings. The van der Waals surface area contributed by atoms with E-state index in [1.807, 2.05) is 40.9 Å². The molecule has 3 rings (SSSR count). The molecule has 0 aliphatic rings. The third-order valence-corrected chi connectivity index (χ3v) is 3.05. The summed E-state index contributed by atoms with van der Waals surface area (Å²) in [4.78, 5) is 18.9. The fourth-order valence-corrected chi connectivity index (χ4v) is 2.08. The van der Waals surface area contributed by atoms with Crippen LogP contribution in [-0.4, -0.2) is 26.9 Å². The molecule has 0 N–H and O–H groups in total. The maximum atomic E-state index is 10.5. The molecule has 0 aromatic carbocycles. The Morgan fingerprint density at radius 3 is 2.96 bits per heavy atom. The van der Waals surface area contributed by atoms with Gasteiger partial charge in [-0.2, -0.15) is 0 Å². The summed E-state index contributed by atoms with van der Waals surface area (Å²) < 4.78 is 6.92. The molecule has 0 amide bonds. The molecule has 0 aliphatic heterocycles. The molecule has 3 aromatic rings. The Hall–Kier alpha value is -3.17. The van der Waals surface area contributed by atoms with Crippen LogP contribution in [0, 0.1) is 11.8 Å². The number of hydrogen-bond donors (Lipinski definition) is 0. The summed E-state index contributed by atoms with van der Waals surface area (Å²) in [6.45, 7) is -0.434. The third-order valence-electron chi connectivity index (χ3n) is 3.05. The molecular formula is C17H12N3O3-. The topological polar surface area (TPSA) is 79.5 Å². The normalized spacial score (nSPS) is 10.3. The van der Waals surface area contributed by atoms with Crippen molar-refractivity contribution < 1.29 is 14.6 Å². The van der Waals surface area contributed by atoms with Gasteiger partial charge in [0.2, 0.25) is 0 Å². The van der Waals surface area contributed by atoms with Gasteiger partial charge >= 0.3 is 0 Å². The van der Waals surface area contributed by atoms with Crippen molar-refractivity contribution in [1.29, 1.82) is 0 Å². The average Bonchev–Trinajstić information content (AvgIpc) is 2.91. The average molecular weight is 306 g/mol. The first kappa shape index (κ1) is 14.8. The van der Waals surface area contributed by atoms with Crippen LogP contribution in [0.25, 0.3) is 5.65 Å². The van der Waals surface area contributed by atoms with E-state index in [4.69, 9.17) is 4.74 Å². The van der Waals surface area contributed by atoms with Gasteiger partial charge in [0.1, 0.15) is 17.0 Å². The Balaban J connectivity index is 1.96. The van der Waals surface area contributed by atoms with Crippen molar-refractivity contribution in [1.82, 2.24) is 14.4 Å². The number of carboxylic acids is 1. The predicted octanol–water partition coefficient (Wildman–Crippen LogP) is 0.396. The third kappa shape index (κ3) is 3.54. The Kier molecular flexibility index (Phi) is 4.32. The zero-order valence-electron chi connectivity index (χ0n) is 12.1. The molecule has 0 radical (unpaired) electrons. The summed E-state index contributed by atoms with van der Waals surface area (Å²) >= 11 is 0. The van der Waals surface area contributed by atoms with Crippen LogP contribution in [0.5, 0.6) is 0 Å². The molecule has 0 spiro atoms. The molecule has 0 aliphatic carbocycles. The van der Waals surface area contributed by atoms with Crippen LogP contribution in [0.2, 0.25) is 0 Å². The van der Waals surface area contributed by atoms with Gasteiger partial charge in [0.05, 0.1) is 19.2 Å². The number of aliphatic carboxylic acids is 1. The molecule has 0 unspecified atom stereocenters. The Morgan fingerprint density at radius 1 is 1.26 bits per heavy atom. The molecule has 0 saturated heterocycles. The molecule has 3 aromatic heterocycles. The van der Waals surface area contributed by atoms with E-state index >= 15 is 0 Å². The van der Waals surface area contributed by atoms with Crippen LogP contribution < -0.4 is 5.11 Å². The van der Waals surface area contributed by atoms with Crippen LogP contribution in [0.3, 0.4) is 0 Å². The zero-order valence-corrected chi connectivity index (χ0v) is 12.1. The first-order valence-electron chi connectivity index (χ1n) is 6.89. The number of rotatable bonds is 4. The van der Waals surface area contributed by atoms with E-state index in [9.17, 15) is 9.90 Å². The second kappa shape index (κ2) is 6.73. The molecule has 0 bridgehead atoms. The molecule has 3 heterocycles. The van der Waals surface area contributed by atoms with Crippen molar-refractivity contribution in [2.75, 3.05) is 6.61 Å². The van der Waals surface area contributed by atoms with Crippen molar-refractivity contribution in [3.8, 4) is 11.8 Å². The largest absolute Gasteiger partial charge is 0.548 e. The quantitative estimate of drug-likeness (QED) is 0.652. The fourth-order valence-electron chi connectivity index (χ4n) is 2.08. The summed E-state index contributed by atoms with van der Waals surface area (Å²) in [6, 6.07) is 9.25. The predicted molar refractivity (Wildman–Crippen MR) is 80.1 cm³/mol. The Labute approximate surface area is 132 Å². The van der Waals surface area contributed by atoms with Crippen LogP contribution in [0.15, 0.2) is 48.9 Å². The number of nitrogens with zero attached hydrogens (tertiary/aromatic N) is 3. The number of ether oxygens (including phenoxy) is 1. The first-order valence-corrected chi connectivity index (χ1v) is 6.89. The maximum Gasteiger partial charge on any atom is 0.138 e. The summed E-state index contributed by atoms with van der Waals surface area (Å²) in [5.74, 6) is 4.81. The minimum atomic E-state index is -1.27. The van der Waals surface area contributed by atoms with Crippen molar-refractivity contribution in [3.63, 3.8) is 0 Å². The van der Waals surface area contributed by atoms with E-state index in [1.165, 1.54) is 0 Å². The Bertz CT molecular complexity index is 892. The van der Waals surface area contributed by atoms with Gasteiger partial charge in [-0.05, 0) is 30.2 Å². The SMILES string of the molecule is O=C([O-])COCc1nc2ccccn2c1C#Cc1cccnc1. The fraction of sp³-hybridized carbons (Fsp3) is 0.118. The maximum absolute atomic E-state index is 10.5. The summed E-state index contributed by atoms with van der Waals surface area (Å²) in [6.07, 6.45) is 5.19. The lowest BCUT2D eigenvalue weighted by atomic mass is 10.2. The molecule has 6 nitrogen and oxygen atoms in total. The number of imidazole rings is 1. The number of fused-ring (bicyclic) bond motifs is 1. The van der Waals surface area contributed by atoms with Crippen LogP contribution in [-0.2, 0) is 16.1 Å². The van der Waals surface area contributed by atoms with Crippen molar-refractivity contribution >= 4 is 11.6 Å². The number of pyridine rings is 2. The van der Waals surface area contributed by atoms with Gasteiger partial charge in [-0.3, -0.25) is 9.38 Å². The lowest BCUT2D eigenvalue weighted by Crippen LogP contribution is -2.27. The summed E-state index contributed by atoms with van der Waals surface area (Å²) in [5, 5.41) is 10.5. The van der Waals surface area contributed by atoms with E-state index in [0.717, 1.165) is 11.2 Å². The van der Waals surface area contributed by atoms with Crippen LogP contribution >= 0.6 is 0 Å². The number of carboxylic acid groups (broad SMARTS) is 1. The van der Waals surface area contributed by atoms with Gasteiger partial charge in [0, 0.05) is 24.2 Å². The number of carbonyl (C=O) groups excluding carboxylic acids is 1. The van der Waals surface area contributed by atoms with Gasteiger partial charge in [-0.15, -0.1) is 0 Å². The number of carbonyl (C=O) groups is 1. The van der Waals surface area contributed by atoms with Crippen molar-refractivity contribution in [3.05, 3.63) is 65.9 Å². The highest BCUT2D eigenvalue weighted by Gasteiger charge is 2.10. The standard InChI is InChI=1S/C17H13N3O3/c21-17(22)12-23-11-14-15(7-6-13-4-3-8-18-10-13)20-9-2-1-5-16(20)19-14/h1-5,8-10H,11-12H2,(H,21,22)/p-1. The molecule has 6 heteroatoms. The summed E-state index contributed by atoms with van der Waals surface area (Å²) in [5.41, 5.74) is 2.73. The van der Waals surface area contributed by atoms with E-state index in [0.29, 0.717) is 11.4 Å². The van der Waals surface area contributed by atoms with E-state index in [1.54, 1.807) is 12.4 Å². The second-order valence-corrected chi connectivity index (χ2v) is 4.69. The molecule has 23 heavy (non-hydrogen) atoms. The van der Waals surface area contributed by atoms with Gasteiger partial charge in [0.15, 0.2) is 0 Å². The smallest absolute Gasteiger partial charge is 0.138 e. The molecule has 114 valence electrons. The van der Waals surface area contributed by atoms with E-state index in [-0.39, 0.29) is 6.61 Å². The van der Waals surface area contributed by atoms with Crippen molar-refractivity contribution in [2.45, 2.75) is 6.61 Å². The zero-order chi connectivity index (χ0) is 16.1. The minimum absolute atomic E-state index is 0.0483. The number of hydrogen-bond acceptors (Lipinski definition) is 5. The van der Waals surface area contributed by atoms with E-state index < -0.39 is 12.6 Å². The lowest BCUT2D eigenvalue weighted by Gasteiger charge is -2.03.